The molecule has 1 unspecified atom stereocenters. The summed E-state index contributed by atoms with van der Waals surface area (Å²) in [4.78, 5) is 11.4. The van der Waals surface area contributed by atoms with E-state index in [-0.39, 0.29) is 23.8 Å². The quantitative estimate of drug-likeness (QED) is 0.433. The lowest BCUT2D eigenvalue weighted by atomic mass is 9.96. The minimum absolute atomic E-state index is 0.0362. The van der Waals surface area contributed by atoms with Gasteiger partial charge in [-0.1, -0.05) is 26.0 Å². The van der Waals surface area contributed by atoms with Crippen molar-refractivity contribution >= 4 is 21.7 Å². The van der Waals surface area contributed by atoms with Crippen LogP contribution in [0.15, 0.2) is 59.8 Å². The molecule has 0 amide bonds. The molecule has 8 nitrogen and oxygen atoms in total. The highest BCUT2D eigenvalue weighted by atomic mass is 32.2. The van der Waals surface area contributed by atoms with E-state index in [1.807, 2.05) is 16.9 Å². The van der Waals surface area contributed by atoms with E-state index in [1.54, 1.807) is 49.7 Å². The summed E-state index contributed by atoms with van der Waals surface area (Å²) >= 11 is 0. The molecule has 0 saturated heterocycles. The third kappa shape index (κ3) is 5.35. The molecule has 1 N–H and O–H groups in total. The summed E-state index contributed by atoms with van der Waals surface area (Å²) in [5, 5.41) is 13.6. The summed E-state index contributed by atoms with van der Waals surface area (Å²) in [5.41, 5.74) is 2.99. The number of aryl methyl sites for hydroxylation is 1. The predicted molar refractivity (Wildman–Crippen MR) is 134 cm³/mol. The Balaban J connectivity index is 1.64. The molecule has 0 bridgehead atoms. The Morgan fingerprint density at radius 3 is 2.71 bits per heavy atom. The fourth-order valence-electron chi connectivity index (χ4n) is 4.37. The van der Waals surface area contributed by atoms with Gasteiger partial charge >= 0.3 is 5.97 Å². The summed E-state index contributed by atoms with van der Waals surface area (Å²) in [6.07, 6.45) is 5.01. The minimum atomic E-state index is -3.87. The number of hydrogen-bond donors (Lipinski definition) is 1. The fourth-order valence-corrected chi connectivity index (χ4v) is 5.95. The molecule has 9 heteroatoms. The van der Waals surface area contributed by atoms with Crippen molar-refractivity contribution in [3.8, 4) is 16.9 Å². The zero-order chi connectivity index (χ0) is 25.2. The zero-order valence-corrected chi connectivity index (χ0v) is 21.0. The van der Waals surface area contributed by atoms with Crippen LogP contribution in [0.5, 0.6) is 5.75 Å². The van der Waals surface area contributed by atoms with Crippen molar-refractivity contribution in [2.45, 2.75) is 50.5 Å². The molecule has 0 spiro atoms. The molecular weight excluding hydrogens is 466 g/mol. The molecular formula is C26H31N3O5S. The van der Waals surface area contributed by atoms with Crippen LogP contribution < -0.4 is 9.04 Å². The van der Waals surface area contributed by atoms with Gasteiger partial charge in [0.05, 0.1) is 23.9 Å². The van der Waals surface area contributed by atoms with Crippen LogP contribution in [0.4, 0.5) is 5.69 Å². The molecule has 35 heavy (non-hydrogen) atoms. The number of aliphatic carboxylic acids is 1. The number of fused-ring (bicyclic) bond motifs is 1. The topological polar surface area (TPSA) is 102 Å². The van der Waals surface area contributed by atoms with Crippen LogP contribution in [-0.2, 0) is 21.4 Å². The predicted octanol–water partition coefficient (Wildman–Crippen LogP) is 4.76. The van der Waals surface area contributed by atoms with Crippen LogP contribution in [0.2, 0.25) is 0 Å². The number of anilines is 1. The van der Waals surface area contributed by atoms with Gasteiger partial charge in [0.1, 0.15) is 5.75 Å². The van der Waals surface area contributed by atoms with E-state index in [2.05, 4.69) is 18.9 Å². The monoisotopic (exact) mass is 497 g/mol. The second-order valence-electron chi connectivity index (χ2n) is 9.29. The Bertz CT molecular complexity index is 1320. The molecule has 0 fully saturated rings. The van der Waals surface area contributed by atoms with Gasteiger partial charge in [-0.05, 0) is 60.2 Å². The van der Waals surface area contributed by atoms with Crippen LogP contribution >= 0.6 is 0 Å². The number of carboxylic acids is 1. The molecule has 2 heterocycles. The van der Waals surface area contributed by atoms with Crippen molar-refractivity contribution in [1.82, 2.24) is 9.78 Å². The number of carbonyl (C=O) groups is 1. The molecule has 0 saturated carbocycles. The fraction of sp³-hybridized carbons (Fsp3) is 0.385. The Kier molecular flexibility index (Phi) is 7.16. The van der Waals surface area contributed by atoms with Crippen molar-refractivity contribution in [3.05, 3.63) is 60.4 Å². The maximum absolute atomic E-state index is 13.8. The van der Waals surface area contributed by atoms with Gasteiger partial charge < -0.3 is 9.84 Å². The van der Waals surface area contributed by atoms with Crippen LogP contribution in [0.25, 0.3) is 11.1 Å². The molecule has 1 aromatic heterocycles. The van der Waals surface area contributed by atoms with E-state index in [9.17, 15) is 13.2 Å². The molecule has 1 aliphatic rings. The van der Waals surface area contributed by atoms with Crippen molar-refractivity contribution in [2.24, 2.45) is 5.92 Å². The first-order valence-electron chi connectivity index (χ1n) is 11.7. The highest BCUT2D eigenvalue weighted by Gasteiger charge is 2.37. The Labute approximate surface area is 206 Å². The SMILES string of the molecule is COc1ccc2c(c1)C(CCC(=O)O)CN2S(=O)(=O)c1cccc(-c2cnn(CCC(C)C)c2)c1. The number of hydrogen-bond acceptors (Lipinski definition) is 5. The molecule has 1 aliphatic heterocycles. The van der Waals surface area contributed by atoms with E-state index in [1.165, 1.54) is 4.31 Å². The van der Waals surface area contributed by atoms with Crippen LogP contribution in [0.1, 0.15) is 44.6 Å². The van der Waals surface area contributed by atoms with Gasteiger partial charge in [-0.2, -0.15) is 5.10 Å². The van der Waals surface area contributed by atoms with Gasteiger partial charge in [0.25, 0.3) is 10.0 Å². The van der Waals surface area contributed by atoms with E-state index in [0.717, 1.165) is 29.7 Å². The second-order valence-corrected chi connectivity index (χ2v) is 11.2. The van der Waals surface area contributed by atoms with Crippen molar-refractivity contribution in [3.63, 3.8) is 0 Å². The number of sulfonamides is 1. The van der Waals surface area contributed by atoms with E-state index >= 15 is 0 Å². The first-order valence-corrected chi connectivity index (χ1v) is 13.2. The third-order valence-corrected chi connectivity index (χ3v) is 8.14. The first-order chi connectivity index (χ1) is 16.7. The molecule has 1 atom stereocenters. The lowest BCUT2D eigenvalue weighted by Gasteiger charge is -2.20. The number of ether oxygens (including phenoxy) is 1. The Hall–Kier alpha value is -3.33. The molecule has 186 valence electrons. The van der Waals surface area contributed by atoms with Gasteiger partial charge in [-0.15, -0.1) is 0 Å². The second kappa shape index (κ2) is 10.1. The van der Waals surface area contributed by atoms with Gasteiger partial charge in [-0.25, -0.2) is 8.42 Å². The van der Waals surface area contributed by atoms with E-state index < -0.39 is 16.0 Å². The molecule has 4 rings (SSSR count). The average molecular weight is 498 g/mol. The van der Waals surface area contributed by atoms with Crippen LogP contribution in [0.3, 0.4) is 0 Å². The third-order valence-electron chi connectivity index (χ3n) is 6.36. The average Bonchev–Trinajstić information content (AvgIpc) is 3.46. The van der Waals surface area contributed by atoms with Crippen molar-refractivity contribution in [2.75, 3.05) is 18.0 Å². The highest BCUT2D eigenvalue weighted by molar-refractivity contribution is 7.92. The van der Waals surface area contributed by atoms with E-state index in [0.29, 0.717) is 23.8 Å². The summed E-state index contributed by atoms with van der Waals surface area (Å²) in [6, 6.07) is 12.1. The summed E-state index contributed by atoms with van der Waals surface area (Å²) in [6.45, 7) is 5.33. The van der Waals surface area contributed by atoms with Crippen LogP contribution in [0, 0.1) is 5.92 Å². The first kappa shape index (κ1) is 24.8. The summed E-state index contributed by atoms with van der Waals surface area (Å²) < 4.78 is 36.1. The lowest BCUT2D eigenvalue weighted by Crippen LogP contribution is -2.30. The normalized spacial score (nSPS) is 15.4. The number of aromatic nitrogens is 2. The number of methoxy groups -OCH3 is 1. The Morgan fingerprint density at radius 1 is 1.20 bits per heavy atom. The van der Waals surface area contributed by atoms with Gasteiger partial charge in [-0.3, -0.25) is 13.8 Å². The Morgan fingerprint density at radius 2 is 2.00 bits per heavy atom. The summed E-state index contributed by atoms with van der Waals surface area (Å²) in [7, 11) is -2.32. The van der Waals surface area contributed by atoms with Gasteiger partial charge in [0, 0.05) is 37.2 Å². The van der Waals surface area contributed by atoms with Crippen molar-refractivity contribution < 1.29 is 23.1 Å². The van der Waals surface area contributed by atoms with Crippen LogP contribution in [-0.4, -0.2) is 42.9 Å². The van der Waals surface area contributed by atoms with Gasteiger partial charge in [0.15, 0.2) is 0 Å². The molecule has 0 radical (unpaired) electrons. The molecule has 3 aromatic rings. The lowest BCUT2D eigenvalue weighted by molar-refractivity contribution is -0.137. The largest absolute Gasteiger partial charge is 0.497 e. The highest BCUT2D eigenvalue weighted by Crippen LogP contribution is 2.43. The number of benzene rings is 2. The molecule has 0 aliphatic carbocycles. The van der Waals surface area contributed by atoms with Gasteiger partial charge in [0.2, 0.25) is 0 Å². The zero-order valence-electron chi connectivity index (χ0n) is 20.2. The molecule has 2 aromatic carbocycles. The van der Waals surface area contributed by atoms with Crippen molar-refractivity contribution in [1.29, 1.82) is 0 Å². The number of nitrogens with zero attached hydrogens (tertiary/aromatic N) is 3. The smallest absolute Gasteiger partial charge is 0.303 e. The standard InChI is InChI=1S/C26H31N3O5S/c1-18(2)11-12-28-16-21(15-27-28)19-5-4-6-23(13-19)35(32,33)29-17-20(7-10-26(30)31)24-14-22(34-3)8-9-25(24)29/h4-6,8-9,13-16,18,20H,7,10-12,17H2,1-3H3,(H,30,31). The maximum Gasteiger partial charge on any atom is 0.303 e. The number of carboxylic acid groups (broad SMARTS) is 1. The minimum Gasteiger partial charge on any atom is -0.497 e. The van der Waals surface area contributed by atoms with E-state index in [4.69, 9.17) is 9.84 Å². The summed E-state index contributed by atoms with van der Waals surface area (Å²) in [5.74, 6) is 0.0456. The maximum atomic E-state index is 13.8. The number of rotatable bonds is 10.